The van der Waals surface area contributed by atoms with Crippen molar-refractivity contribution in [2.45, 2.75) is 39.9 Å². The van der Waals surface area contributed by atoms with E-state index < -0.39 is 0 Å². The number of anilines is 2. The summed E-state index contributed by atoms with van der Waals surface area (Å²) in [5.74, 6) is 1.27. The molecule has 0 saturated carbocycles. The molecule has 2 aromatic rings. The monoisotopic (exact) mass is 388 g/mol. The van der Waals surface area contributed by atoms with Crippen molar-refractivity contribution in [3.63, 3.8) is 0 Å². The Morgan fingerprint density at radius 2 is 1.04 bits per heavy atom. The van der Waals surface area contributed by atoms with Crippen LogP contribution in [0.1, 0.15) is 27.7 Å². The van der Waals surface area contributed by atoms with Gasteiger partial charge in [-0.25, -0.2) is 0 Å². The Morgan fingerprint density at radius 3 is 1.39 bits per heavy atom. The third-order valence-electron chi connectivity index (χ3n) is 3.94. The van der Waals surface area contributed by atoms with Gasteiger partial charge in [0.05, 0.1) is 36.8 Å². The maximum atomic E-state index is 6.04. The predicted octanol–water partition coefficient (Wildman–Crippen LogP) is 4.13. The van der Waals surface area contributed by atoms with Gasteiger partial charge in [-0.1, -0.05) is 12.1 Å². The molecule has 0 spiro atoms. The molecule has 0 bridgehead atoms. The van der Waals surface area contributed by atoms with E-state index in [1.54, 1.807) is 0 Å². The molecule has 4 N–H and O–H groups in total. The SMILES string of the molecule is CC(C)OCCOc1cc(-c2ccc(N)c(OCCOC(C)C)c2)ccc1N. The smallest absolute Gasteiger partial charge is 0.142 e. The molecule has 2 aromatic carbocycles. The second-order valence-electron chi connectivity index (χ2n) is 7.04. The first kappa shape index (κ1) is 21.9. The van der Waals surface area contributed by atoms with Crippen LogP contribution >= 0.6 is 0 Å². The zero-order chi connectivity index (χ0) is 20.5. The molecule has 0 aliphatic heterocycles. The third-order valence-corrected chi connectivity index (χ3v) is 3.94. The van der Waals surface area contributed by atoms with Crippen LogP contribution in [0.2, 0.25) is 0 Å². The lowest BCUT2D eigenvalue weighted by Gasteiger charge is -2.14. The fourth-order valence-electron chi connectivity index (χ4n) is 2.55. The molecule has 0 radical (unpaired) electrons. The van der Waals surface area contributed by atoms with Gasteiger partial charge >= 0.3 is 0 Å². The number of rotatable bonds is 11. The lowest BCUT2D eigenvalue weighted by atomic mass is 10.0. The minimum Gasteiger partial charge on any atom is -0.489 e. The summed E-state index contributed by atoms with van der Waals surface area (Å²) < 4.78 is 22.6. The molecular formula is C22H32N2O4. The fourth-order valence-corrected chi connectivity index (χ4v) is 2.55. The topological polar surface area (TPSA) is 89.0 Å². The van der Waals surface area contributed by atoms with E-state index in [-0.39, 0.29) is 12.2 Å². The Balaban J connectivity index is 2.07. The van der Waals surface area contributed by atoms with Crippen molar-refractivity contribution in [2.24, 2.45) is 0 Å². The van der Waals surface area contributed by atoms with Crippen LogP contribution in [-0.2, 0) is 9.47 Å². The Hall–Kier alpha value is -2.44. The quantitative estimate of drug-likeness (QED) is 0.444. The average molecular weight is 389 g/mol. The summed E-state index contributed by atoms with van der Waals surface area (Å²) in [6.07, 6.45) is 0.345. The second kappa shape index (κ2) is 10.8. The van der Waals surface area contributed by atoms with Gasteiger partial charge in [-0.3, -0.25) is 0 Å². The van der Waals surface area contributed by atoms with Crippen LogP contribution in [0.5, 0.6) is 11.5 Å². The standard InChI is InChI=1S/C22H32N2O4/c1-15(2)25-9-11-27-21-13-17(5-7-19(21)23)18-6-8-20(24)22(14-18)28-12-10-26-16(3)4/h5-8,13-16H,9-12,23-24H2,1-4H3. The van der Waals surface area contributed by atoms with Crippen LogP contribution in [0.15, 0.2) is 36.4 Å². The van der Waals surface area contributed by atoms with E-state index in [4.69, 9.17) is 30.4 Å². The maximum absolute atomic E-state index is 6.04. The van der Waals surface area contributed by atoms with Crippen LogP contribution < -0.4 is 20.9 Å². The van der Waals surface area contributed by atoms with Crippen LogP contribution in [0.3, 0.4) is 0 Å². The summed E-state index contributed by atoms with van der Waals surface area (Å²) in [7, 11) is 0. The number of nitrogen functional groups attached to an aromatic ring is 2. The summed E-state index contributed by atoms with van der Waals surface area (Å²) >= 11 is 0. The largest absolute Gasteiger partial charge is 0.489 e. The number of benzene rings is 2. The summed E-state index contributed by atoms with van der Waals surface area (Å²) in [4.78, 5) is 0. The summed E-state index contributed by atoms with van der Waals surface area (Å²) in [6, 6.07) is 11.4. The van der Waals surface area contributed by atoms with E-state index in [0.717, 1.165) is 11.1 Å². The fraction of sp³-hybridized carbons (Fsp3) is 0.455. The average Bonchev–Trinajstić information content (AvgIpc) is 2.64. The summed E-state index contributed by atoms with van der Waals surface area (Å²) in [6.45, 7) is 9.87. The number of hydrogen-bond donors (Lipinski definition) is 2. The third kappa shape index (κ3) is 6.94. The van der Waals surface area contributed by atoms with Crippen LogP contribution in [0, 0.1) is 0 Å². The number of hydrogen-bond acceptors (Lipinski definition) is 6. The van der Waals surface area contributed by atoms with Crippen LogP contribution in [0.25, 0.3) is 11.1 Å². The van der Waals surface area contributed by atoms with Crippen LogP contribution in [0.4, 0.5) is 11.4 Å². The molecule has 0 fully saturated rings. The van der Waals surface area contributed by atoms with Gasteiger partial charge in [0.2, 0.25) is 0 Å². The van der Waals surface area contributed by atoms with E-state index in [2.05, 4.69) is 0 Å². The van der Waals surface area contributed by atoms with Gasteiger partial charge < -0.3 is 30.4 Å². The highest BCUT2D eigenvalue weighted by Gasteiger charge is 2.08. The van der Waals surface area contributed by atoms with Crippen molar-refractivity contribution < 1.29 is 18.9 Å². The predicted molar refractivity (Wildman–Crippen MR) is 114 cm³/mol. The summed E-state index contributed by atoms with van der Waals surface area (Å²) in [5, 5.41) is 0. The zero-order valence-electron chi connectivity index (χ0n) is 17.2. The van der Waals surface area contributed by atoms with E-state index in [1.165, 1.54) is 0 Å². The van der Waals surface area contributed by atoms with Gasteiger partial charge in [0.1, 0.15) is 24.7 Å². The highest BCUT2D eigenvalue weighted by atomic mass is 16.5. The molecule has 0 unspecified atom stereocenters. The first-order valence-electron chi connectivity index (χ1n) is 9.65. The van der Waals surface area contributed by atoms with Gasteiger partial charge in [-0.2, -0.15) is 0 Å². The molecule has 0 aliphatic rings. The molecule has 6 heteroatoms. The van der Waals surface area contributed by atoms with E-state index in [1.807, 2.05) is 64.1 Å². The normalized spacial score (nSPS) is 11.2. The Kier molecular flexibility index (Phi) is 8.42. The molecule has 0 heterocycles. The van der Waals surface area contributed by atoms with Gasteiger partial charge in [0.15, 0.2) is 0 Å². The number of nitrogens with two attached hydrogens (primary N) is 2. The summed E-state index contributed by atoms with van der Waals surface area (Å²) in [5.41, 5.74) is 15.2. The van der Waals surface area contributed by atoms with Crippen molar-refractivity contribution in [3.05, 3.63) is 36.4 Å². The van der Waals surface area contributed by atoms with Gasteiger partial charge in [-0.15, -0.1) is 0 Å². The molecule has 0 amide bonds. The van der Waals surface area contributed by atoms with E-state index >= 15 is 0 Å². The number of ether oxygens (including phenoxy) is 4. The Morgan fingerprint density at radius 1 is 0.643 bits per heavy atom. The maximum Gasteiger partial charge on any atom is 0.142 e. The Bertz CT molecular complexity index is 684. The van der Waals surface area contributed by atoms with Gasteiger partial charge in [0.25, 0.3) is 0 Å². The van der Waals surface area contributed by atoms with E-state index in [0.29, 0.717) is 49.3 Å². The molecule has 0 aliphatic carbocycles. The minimum atomic E-state index is 0.173. The minimum absolute atomic E-state index is 0.173. The zero-order valence-corrected chi connectivity index (χ0v) is 17.2. The van der Waals surface area contributed by atoms with Gasteiger partial charge in [-0.05, 0) is 63.1 Å². The van der Waals surface area contributed by atoms with Crippen molar-refractivity contribution in [2.75, 3.05) is 37.9 Å². The first-order chi connectivity index (χ1) is 13.4. The van der Waals surface area contributed by atoms with Crippen molar-refractivity contribution >= 4 is 11.4 Å². The first-order valence-corrected chi connectivity index (χ1v) is 9.65. The molecule has 28 heavy (non-hydrogen) atoms. The van der Waals surface area contributed by atoms with Crippen molar-refractivity contribution in [1.82, 2.24) is 0 Å². The molecule has 0 atom stereocenters. The van der Waals surface area contributed by atoms with E-state index in [9.17, 15) is 0 Å². The highest BCUT2D eigenvalue weighted by Crippen LogP contribution is 2.33. The second-order valence-corrected chi connectivity index (χ2v) is 7.04. The van der Waals surface area contributed by atoms with Crippen molar-refractivity contribution in [3.8, 4) is 22.6 Å². The molecule has 2 rings (SSSR count). The Labute approximate surface area is 167 Å². The van der Waals surface area contributed by atoms with Gasteiger partial charge in [0, 0.05) is 0 Å². The lowest BCUT2D eigenvalue weighted by Crippen LogP contribution is -2.12. The van der Waals surface area contributed by atoms with Crippen LogP contribution in [-0.4, -0.2) is 38.6 Å². The van der Waals surface area contributed by atoms with Crippen molar-refractivity contribution in [1.29, 1.82) is 0 Å². The lowest BCUT2D eigenvalue weighted by molar-refractivity contribution is 0.0553. The molecule has 6 nitrogen and oxygen atoms in total. The molecule has 0 aromatic heterocycles. The molecule has 154 valence electrons. The highest BCUT2D eigenvalue weighted by molar-refractivity contribution is 5.73. The molecule has 0 saturated heterocycles. The molecular weight excluding hydrogens is 356 g/mol.